The van der Waals surface area contributed by atoms with E-state index in [9.17, 15) is 19.2 Å². The summed E-state index contributed by atoms with van der Waals surface area (Å²) in [4.78, 5) is 58.2. The second kappa shape index (κ2) is 8.93. The van der Waals surface area contributed by atoms with Gasteiger partial charge in [-0.25, -0.2) is 9.63 Å². The molecule has 0 aliphatic carbocycles. The molecule has 31 heavy (non-hydrogen) atoms. The van der Waals surface area contributed by atoms with E-state index in [4.69, 9.17) is 14.7 Å². The first-order valence-corrected chi connectivity index (χ1v) is 10.1. The average Bonchev–Trinajstić information content (AvgIpc) is 2.85. The van der Waals surface area contributed by atoms with Crippen LogP contribution in [0.25, 0.3) is 0 Å². The van der Waals surface area contributed by atoms with Gasteiger partial charge in [-0.1, -0.05) is 30.3 Å². The van der Waals surface area contributed by atoms with E-state index >= 15 is 0 Å². The van der Waals surface area contributed by atoms with Gasteiger partial charge in [-0.15, -0.1) is 0 Å². The van der Waals surface area contributed by atoms with Crippen LogP contribution in [0.5, 0.6) is 0 Å². The number of hydroxylamine groups is 2. The molecule has 10 heteroatoms. The fourth-order valence-corrected chi connectivity index (χ4v) is 3.75. The fraction of sp³-hybridized carbons (Fsp3) is 0.524. The number of likely N-dealkylation sites (N-methyl/N-ethyl adjacent to an activating group) is 1. The normalized spacial score (nSPS) is 23.3. The number of rotatable bonds is 5. The van der Waals surface area contributed by atoms with Crippen LogP contribution in [0.3, 0.4) is 0 Å². The number of hydrogen-bond acceptors (Lipinski definition) is 6. The number of amides is 3. The lowest BCUT2D eigenvalue weighted by molar-refractivity contribution is -0.280. The summed E-state index contributed by atoms with van der Waals surface area (Å²) in [5, 5.41) is 10.0. The summed E-state index contributed by atoms with van der Waals surface area (Å²) in [5.74, 6) is -2.37. The van der Waals surface area contributed by atoms with Crippen LogP contribution in [0.15, 0.2) is 30.3 Å². The van der Waals surface area contributed by atoms with Gasteiger partial charge in [0.05, 0.1) is 12.5 Å². The Morgan fingerprint density at radius 1 is 1.19 bits per heavy atom. The Balaban J connectivity index is 1.83. The fourth-order valence-electron chi connectivity index (χ4n) is 3.75. The zero-order valence-electron chi connectivity index (χ0n) is 17.8. The van der Waals surface area contributed by atoms with Crippen LogP contribution in [-0.2, 0) is 30.6 Å². The molecule has 1 N–H and O–H groups in total. The molecule has 2 aliphatic heterocycles. The zero-order chi connectivity index (χ0) is 22.8. The molecule has 0 radical (unpaired) electrons. The number of hydrogen-bond donors (Lipinski definition) is 1. The molecule has 2 saturated heterocycles. The van der Waals surface area contributed by atoms with Crippen molar-refractivity contribution in [2.45, 2.75) is 45.1 Å². The summed E-state index contributed by atoms with van der Waals surface area (Å²) >= 11 is 0. The van der Waals surface area contributed by atoms with Gasteiger partial charge < -0.3 is 19.6 Å². The van der Waals surface area contributed by atoms with Gasteiger partial charge in [-0.3, -0.25) is 14.4 Å². The van der Waals surface area contributed by atoms with E-state index in [1.54, 1.807) is 7.05 Å². The summed E-state index contributed by atoms with van der Waals surface area (Å²) in [7, 11) is 1.55. The maximum atomic E-state index is 13.1. The maximum absolute atomic E-state index is 13.1. The number of fused-ring (bicyclic) bond motifs is 1. The van der Waals surface area contributed by atoms with Crippen LogP contribution < -0.4 is 0 Å². The molecule has 2 fully saturated rings. The summed E-state index contributed by atoms with van der Waals surface area (Å²) < 4.78 is 5.40. The van der Waals surface area contributed by atoms with E-state index in [0.29, 0.717) is 0 Å². The summed E-state index contributed by atoms with van der Waals surface area (Å²) in [6.07, 6.45) is -1.76. The Hall–Kier alpha value is -3.14. The first kappa shape index (κ1) is 22.5. The standard InChI is InChI=1S/C21H27N3O7/c1-21(2)19(28)23-11-15(9-10-17(25)26)18(27)22(3)12-16(23)24(31-21)20(29)30-13-14-7-5-4-6-8-14/h4-8,15-16H,9-13H2,1-3H3,(H,25,26)/t15-,16?/m1/s1. The highest BCUT2D eigenvalue weighted by Gasteiger charge is 2.52. The van der Waals surface area contributed by atoms with E-state index < -0.39 is 29.7 Å². The highest BCUT2D eigenvalue weighted by molar-refractivity contribution is 5.88. The molecule has 10 nitrogen and oxygen atoms in total. The Labute approximate surface area is 180 Å². The van der Waals surface area contributed by atoms with Crippen LogP contribution in [0.2, 0.25) is 0 Å². The zero-order valence-corrected chi connectivity index (χ0v) is 17.8. The summed E-state index contributed by atoms with van der Waals surface area (Å²) in [6, 6.07) is 9.13. The van der Waals surface area contributed by atoms with Crippen LogP contribution in [0.1, 0.15) is 32.3 Å². The molecule has 0 saturated carbocycles. The molecule has 1 aromatic rings. The van der Waals surface area contributed by atoms with Crippen LogP contribution >= 0.6 is 0 Å². The van der Waals surface area contributed by atoms with E-state index in [-0.39, 0.29) is 44.4 Å². The van der Waals surface area contributed by atoms with Crippen molar-refractivity contribution in [2.24, 2.45) is 5.92 Å². The third-order valence-electron chi connectivity index (χ3n) is 5.40. The minimum absolute atomic E-state index is 0.00475. The van der Waals surface area contributed by atoms with E-state index in [1.165, 1.54) is 23.6 Å². The van der Waals surface area contributed by atoms with Crippen molar-refractivity contribution < 1.29 is 33.9 Å². The lowest BCUT2D eigenvalue weighted by Crippen LogP contribution is -2.67. The van der Waals surface area contributed by atoms with Crippen molar-refractivity contribution in [1.82, 2.24) is 14.9 Å². The predicted molar refractivity (Wildman–Crippen MR) is 107 cm³/mol. The van der Waals surface area contributed by atoms with Gasteiger partial charge in [0, 0.05) is 20.0 Å². The van der Waals surface area contributed by atoms with Crippen molar-refractivity contribution in [3.63, 3.8) is 0 Å². The van der Waals surface area contributed by atoms with E-state index in [1.807, 2.05) is 30.3 Å². The van der Waals surface area contributed by atoms with Gasteiger partial charge in [0.25, 0.3) is 5.91 Å². The largest absolute Gasteiger partial charge is 0.481 e. The van der Waals surface area contributed by atoms with Crippen LogP contribution in [0.4, 0.5) is 4.79 Å². The van der Waals surface area contributed by atoms with Gasteiger partial charge in [0.1, 0.15) is 6.61 Å². The van der Waals surface area contributed by atoms with Crippen molar-refractivity contribution in [1.29, 1.82) is 0 Å². The maximum Gasteiger partial charge on any atom is 0.436 e. The first-order chi connectivity index (χ1) is 14.6. The molecule has 168 valence electrons. The second-order valence-corrected chi connectivity index (χ2v) is 8.25. The topological polar surface area (TPSA) is 117 Å². The third-order valence-corrected chi connectivity index (χ3v) is 5.40. The molecule has 2 aliphatic rings. The van der Waals surface area contributed by atoms with Crippen LogP contribution in [-0.4, -0.2) is 75.8 Å². The summed E-state index contributed by atoms with van der Waals surface area (Å²) in [6.45, 7) is 3.11. The lowest BCUT2D eigenvalue weighted by Gasteiger charge is -2.47. The molecular formula is C21H27N3O7. The highest BCUT2D eigenvalue weighted by atomic mass is 16.8. The Bertz CT molecular complexity index is 858. The quantitative estimate of drug-likeness (QED) is 0.747. The molecule has 0 bridgehead atoms. The number of carboxylic acid groups (broad SMARTS) is 1. The monoisotopic (exact) mass is 433 g/mol. The molecule has 1 aromatic carbocycles. The van der Waals surface area contributed by atoms with Crippen LogP contribution in [0, 0.1) is 5.92 Å². The lowest BCUT2D eigenvalue weighted by atomic mass is 9.99. The molecule has 1 unspecified atom stereocenters. The Morgan fingerprint density at radius 2 is 1.87 bits per heavy atom. The second-order valence-electron chi connectivity index (χ2n) is 8.25. The molecule has 3 rings (SSSR count). The van der Waals surface area contributed by atoms with Crippen molar-refractivity contribution in [3.05, 3.63) is 35.9 Å². The smallest absolute Gasteiger partial charge is 0.436 e. The van der Waals surface area contributed by atoms with Crippen molar-refractivity contribution in [2.75, 3.05) is 20.1 Å². The molecule has 2 atom stereocenters. The highest BCUT2D eigenvalue weighted by Crippen LogP contribution is 2.31. The molecule has 0 aromatic heterocycles. The minimum Gasteiger partial charge on any atom is -0.481 e. The number of carbonyl (C=O) groups is 4. The molecule has 2 heterocycles. The SMILES string of the molecule is CN1CC2N(C[C@@H](CCC(=O)O)C1=O)C(=O)C(C)(C)ON2C(=O)OCc1ccccc1. The summed E-state index contributed by atoms with van der Waals surface area (Å²) in [5.41, 5.74) is -0.562. The average molecular weight is 433 g/mol. The molecule has 0 spiro atoms. The molecule has 3 amide bonds. The Kier molecular flexibility index (Phi) is 6.49. The number of ether oxygens (including phenoxy) is 1. The number of carbonyl (C=O) groups excluding carboxylic acids is 3. The number of nitrogens with zero attached hydrogens (tertiary/aromatic N) is 3. The minimum atomic E-state index is -1.36. The van der Waals surface area contributed by atoms with E-state index in [2.05, 4.69) is 0 Å². The van der Waals surface area contributed by atoms with Gasteiger partial charge in [-0.05, 0) is 25.8 Å². The predicted octanol–water partition coefficient (Wildman–Crippen LogP) is 1.46. The molecular weight excluding hydrogens is 406 g/mol. The van der Waals surface area contributed by atoms with Crippen molar-refractivity contribution in [3.8, 4) is 0 Å². The number of aliphatic carboxylic acids is 1. The Morgan fingerprint density at radius 3 is 2.52 bits per heavy atom. The van der Waals surface area contributed by atoms with Gasteiger partial charge in [0.2, 0.25) is 5.91 Å². The first-order valence-electron chi connectivity index (χ1n) is 10.1. The van der Waals surface area contributed by atoms with Gasteiger partial charge >= 0.3 is 12.1 Å². The van der Waals surface area contributed by atoms with Gasteiger partial charge in [0.15, 0.2) is 11.8 Å². The third kappa shape index (κ3) is 4.96. The number of benzene rings is 1. The van der Waals surface area contributed by atoms with E-state index in [0.717, 1.165) is 10.6 Å². The number of carboxylic acids is 1. The van der Waals surface area contributed by atoms with Gasteiger partial charge in [-0.2, -0.15) is 5.06 Å². The van der Waals surface area contributed by atoms with Crippen molar-refractivity contribution >= 4 is 23.9 Å².